The number of hydrogen-bond acceptors (Lipinski definition) is 3. The van der Waals surface area contributed by atoms with Crippen molar-refractivity contribution in [1.29, 1.82) is 0 Å². The molecule has 0 saturated heterocycles. The van der Waals surface area contributed by atoms with Gasteiger partial charge < -0.3 is 14.9 Å². The van der Waals surface area contributed by atoms with E-state index in [0.717, 1.165) is 11.6 Å². The highest BCUT2D eigenvalue weighted by Gasteiger charge is 2.17. The third kappa shape index (κ3) is 3.28. The molecule has 0 heterocycles. The number of methoxy groups -OCH3 is 1. The van der Waals surface area contributed by atoms with Gasteiger partial charge in [0.15, 0.2) is 0 Å². The first-order valence-electron chi connectivity index (χ1n) is 6.88. The number of carboxylic acid groups (broad SMARTS) is 1. The maximum absolute atomic E-state index is 12.0. The van der Waals surface area contributed by atoms with Crippen LogP contribution in [0.4, 0.5) is 0 Å². The number of aliphatic carboxylic acids is 1. The van der Waals surface area contributed by atoms with Crippen LogP contribution in [0.1, 0.15) is 29.5 Å². The van der Waals surface area contributed by atoms with E-state index >= 15 is 0 Å². The Balaban J connectivity index is 2.60. The van der Waals surface area contributed by atoms with E-state index in [1.165, 1.54) is 19.3 Å². The number of rotatable bonds is 5. The van der Waals surface area contributed by atoms with Gasteiger partial charge in [-0.2, -0.15) is 0 Å². The Morgan fingerprint density at radius 3 is 2.50 bits per heavy atom. The van der Waals surface area contributed by atoms with E-state index in [-0.39, 0.29) is 17.4 Å². The molecule has 114 valence electrons. The molecule has 0 radical (unpaired) electrons. The molecule has 4 nitrogen and oxygen atoms in total. The van der Waals surface area contributed by atoms with Gasteiger partial charge in [0.05, 0.1) is 7.11 Å². The molecule has 1 atom stereocenters. The molecule has 0 fully saturated rings. The van der Waals surface area contributed by atoms with E-state index in [0.29, 0.717) is 11.1 Å². The Morgan fingerprint density at radius 1 is 1.23 bits per heavy atom. The second-order valence-corrected chi connectivity index (χ2v) is 4.90. The fourth-order valence-electron chi connectivity index (χ4n) is 2.47. The van der Waals surface area contributed by atoms with Crippen molar-refractivity contribution in [3.63, 3.8) is 0 Å². The normalized spacial score (nSPS) is 12.3. The van der Waals surface area contributed by atoms with Gasteiger partial charge in [-0.15, -0.1) is 0 Å². The minimum Gasteiger partial charge on any atom is -0.870 e. The molecule has 1 N–H and O–H groups in total. The molecule has 0 aliphatic heterocycles. The van der Waals surface area contributed by atoms with Crippen LogP contribution in [0.3, 0.4) is 0 Å². The summed E-state index contributed by atoms with van der Waals surface area (Å²) in [5, 5.41) is 20.9. The van der Waals surface area contributed by atoms with E-state index in [1.54, 1.807) is 6.07 Å². The number of benzene rings is 2. The molecule has 0 aliphatic carbocycles. The van der Waals surface area contributed by atoms with Crippen molar-refractivity contribution < 1.29 is 19.7 Å². The number of carboxylic acids is 1. The van der Waals surface area contributed by atoms with Crippen molar-refractivity contribution in [3.05, 3.63) is 65.2 Å². The zero-order valence-electron chi connectivity index (χ0n) is 12.4. The lowest BCUT2D eigenvalue weighted by molar-refractivity contribution is -0.270. The van der Waals surface area contributed by atoms with Crippen molar-refractivity contribution >= 4 is 12.0 Å². The third-order valence-electron chi connectivity index (χ3n) is 3.54. The van der Waals surface area contributed by atoms with Crippen LogP contribution in [-0.4, -0.2) is 18.2 Å². The fraction of sp³-hybridized carbons (Fsp3) is 0.167. The SMILES string of the molecule is COc1c([O-])ccc(C=CC(=O)O)c1C(C)c1ccccc1. The van der Waals surface area contributed by atoms with Gasteiger partial charge in [0.1, 0.15) is 5.75 Å². The van der Waals surface area contributed by atoms with E-state index in [4.69, 9.17) is 9.84 Å². The average Bonchev–Trinajstić information content (AvgIpc) is 2.53. The molecule has 4 heteroatoms. The van der Waals surface area contributed by atoms with Crippen molar-refractivity contribution in [2.24, 2.45) is 0 Å². The molecule has 2 aromatic carbocycles. The number of ether oxygens (including phenoxy) is 1. The highest BCUT2D eigenvalue weighted by molar-refractivity contribution is 5.86. The Labute approximate surface area is 129 Å². The Morgan fingerprint density at radius 2 is 1.91 bits per heavy atom. The van der Waals surface area contributed by atoms with Gasteiger partial charge in [-0.3, -0.25) is 0 Å². The van der Waals surface area contributed by atoms with Gasteiger partial charge in [0.25, 0.3) is 0 Å². The summed E-state index contributed by atoms with van der Waals surface area (Å²) in [5.74, 6) is -1.10. The van der Waals surface area contributed by atoms with Crippen LogP contribution in [0.5, 0.6) is 11.5 Å². The molecule has 0 saturated carbocycles. The van der Waals surface area contributed by atoms with E-state index in [2.05, 4.69) is 0 Å². The Bertz CT molecular complexity index is 690. The molecular weight excluding hydrogens is 280 g/mol. The van der Waals surface area contributed by atoms with Crippen LogP contribution in [0.25, 0.3) is 6.08 Å². The van der Waals surface area contributed by atoms with Crippen LogP contribution in [-0.2, 0) is 4.79 Å². The molecule has 1 unspecified atom stereocenters. The van der Waals surface area contributed by atoms with E-state index < -0.39 is 5.97 Å². The lowest BCUT2D eigenvalue weighted by atomic mass is 9.88. The van der Waals surface area contributed by atoms with Crippen LogP contribution >= 0.6 is 0 Å². The van der Waals surface area contributed by atoms with Gasteiger partial charge in [0.2, 0.25) is 0 Å². The van der Waals surface area contributed by atoms with Crippen LogP contribution in [0, 0.1) is 0 Å². The molecule has 0 aromatic heterocycles. The second kappa shape index (κ2) is 6.80. The fourth-order valence-corrected chi connectivity index (χ4v) is 2.47. The summed E-state index contributed by atoms with van der Waals surface area (Å²) < 4.78 is 5.27. The zero-order valence-corrected chi connectivity index (χ0v) is 12.4. The van der Waals surface area contributed by atoms with Gasteiger partial charge in [-0.05, 0) is 17.2 Å². The highest BCUT2D eigenvalue weighted by atomic mass is 16.5. The third-order valence-corrected chi connectivity index (χ3v) is 3.54. The molecule has 22 heavy (non-hydrogen) atoms. The Hall–Kier alpha value is -2.75. The van der Waals surface area contributed by atoms with Gasteiger partial charge in [-0.25, -0.2) is 4.79 Å². The quantitative estimate of drug-likeness (QED) is 0.861. The smallest absolute Gasteiger partial charge is 0.328 e. The van der Waals surface area contributed by atoms with Crippen molar-refractivity contribution in [2.45, 2.75) is 12.8 Å². The molecule has 0 bridgehead atoms. The minimum absolute atomic E-state index is 0.0986. The van der Waals surface area contributed by atoms with Crippen LogP contribution in [0.2, 0.25) is 0 Å². The average molecular weight is 297 g/mol. The van der Waals surface area contributed by atoms with Gasteiger partial charge in [0, 0.05) is 17.6 Å². The van der Waals surface area contributed by atoms with E-state index in [1.807, 2.05) is 37.3 Å². The monoisotopic (exact) mass is 297 g/mol. The van der Waals surface area contributed by atoms with E-state index in [9.17, 15) is 9.90 Å². The summed E-state index contributed by atoms with van der Waals surface area (Å²) in [6.07, 6.45) is 2.54. The topological polar surface area (TPSA) is 69.6 Å². The highest BCUT2D eigenvalue weighted by Crippen LogP contribution is 2.39. The predicted octanol–water partition coefficient (Wildman–Crippen LogP) is 3.02. The molecular formula is C18H17O4-. The van der Waals surface area contributed by atoms with Crippen LogP contribution < -0.4 is 9.84 Å². The molecule has 2 aromatic rings. The summed E-state index contributed by atoms with van der Waals surface area (Å²) in [6.45, 7) is 1.96. The summed E-state index contributed by atoms with van der Waals surface area (Å²) in [5.41, 5.74) is 2.38. The largest absolute Gasteiger partial charge is 0.870 e. The summed E-state index contributed by atoms with van der Waals surface area (Å²) in [6, 6.07) is 12.7. The summed E-state index contributed by atoms with van der Waals surface area (Å²) >= 11 is 0. The molecule has 2 rings (SSSR count). The van der Waals surface area contributed by atoms with Crippen molar-refractivity contribution in [1.82, 2.24) is 0 Å². The zero-order chi connectivity index (χ0) is 16.1. The first-order chi connectivity index (χ1) is 10.5. The number of hydrogen-bond donors (Lipinski definition) is 1. The van der Waals surface area contributed by atoms with Gasteiger partial charge in [-0.1, -0.05) is 55.1 Å². The van der Waals surface area contributed by atoms with Crippen LogP contribution in [0.15, 0.2) is 48.5 Å². The summed E-state index contributed by atoms with van der Waals surface area (Å²) in [4.78, 5) is 10.8. The lowest BCUT2D eigenvalue weighted by Crippen LogP contribution is -2.06. The molecule has 0 amide bonds. The van der Waals surface area contributed by atoms with Gasteiger partial charge >= 0.3 is 5.97 Å². The first kappa shape index (κ1) is 15.6. The predicted molar refractivity (Wildman–Crippen MR) is 83.1 cm³/mol. The standard InChI is InChI=1S/C18H18O4/c1-12(13-6-4-3-5-7-13)17-14(9-11-16(20)21)8-10-15(19)18(17)22-2/h3-12,19H,1-2H3,(H,20,21)/p-1. The maximum Gasteiger partial charge on any atom is 0.328 e. The maximum atomic E-state index is 12.0. The van der Waals surface area contributed by atoms with Crippen molar-refractivity contribution in [2.75, 3.05) is 7.11 Å². The first-order valence-corrected chi connectivity index (χ1v) is 6.88. The molecule has 0 aliphatic rings. The minimum atomic E-state index is -1.04. The molecule has 0 spiro atoms. The van der Waals surface area contributed by atoms with Crippen molar-refractivity contribution in [3.8, 4) is 11.5 Å². The number of carbonyl (C=O) groups is 1. The second-order valence-electron chi connectivity index (χ2n) is 4.90. The lowest BCUT2D eigenvalue weighted by Gasteiger charge is -2.23. The summed E-state index contributed by atoms with van der Waals surface area (Å²) in [7, 11) is 1.45. The Kier molecular flexibility index (Phi) is 4.84.